The third kappa shape index (κ3) is 7.79. The van der Waals surface area contributed by atoms with E-state index in [2.05, 4.69) is 20.6 Å². The molecule has 1 aromatic heterocycles. The summed E-state index contributed by atoms with van der Waals surface area (Å²) >= 11 is 3.40. The molecule has 26 heavy (non-hydrogen) atoms. The highest BCUT2D eigenvalue weighted by atomic mass is 127. The summed E-state index contributed by atoms with van der Waals surface area (Å²) in [7, 11) is 0. The summed E-state index contributed by atoms with van der Waals surface area (Å²) in [4.78, 5) is 10.3. The summed E-state index contributed by atoms with van der Waals surface area (Å²) in [6.07, 6.45) is 0. The van der Waals surface area contributed by atoms with E-state index in [1.807, 2.05) is 32.9 Å². The van der Waals surface area contributed by atoms with Crippen LogP contribution in [0.1, 0.15) is 28.1 Å². The molecule has 0 saturated carbocycles. The second kappa shape index (κ2) is 12.5. The van der Waals surface area contributed by atoms with Crippen LogP contribution in [0.5, 0.6) is 0 Å². The molecule has 0 fully saturated rings. The highest BCUT2D eigenvalue weighted by Crippen LogP contribution is 2.18. The zero-order valence-electron chi connectivity index (χ0n) is 15.3. The highest BCUT2D eigenvalue weighted by molar-refractivity contribution is 14.0. The van der Waals surface area contributed by atoms with Crippen molar-refractivity contribution in [3.05, 3.63) is 51.2 Å². The van der Waals surface area contributed by atoms with Crippen molar-refractivity contribution in [2.75, 3.05) is 18.8 Å². The quantitative estimate of drug-likeness (QED) is 0.239. The molecule has 0 radical (unpaired) electrons. The van der Waals surface area contributed by atoms with E-state index in [9.17, 15) is 4.39 Å². The average Bonchev–Trinajstić information content (AvgIpc) is 2.91. The fraction of sp³-hybridized carbons (Fsp3) is 0.444. The Hall–Kier alpha value is -0.870. The zero-order chi connectivity index (χ0) is 18.1. The molecule has 0 aliphatic heterocycles. The summed E-state index contributed by atoms with van der Waals surface area (Å²) in [6.45, 7) is 8.32. The van der Waals surface area contributed by atoms with Gasteiger partial charge in [0, 0.05) is 29.5 Å². The van der Waals surface area contributed by atoms with Gasteiger partial charge in [-0.3, -0.25) is 0 Å². The number of nitrogens with zero attached hydrogens (tertiary/aromatic N) is 2. The summed E-state index contributed by atoms with van der Waals surface area (Å²) in [5.74, 6) is 2.24. The number of aromatic nitrogens is 1. The molecular formula is C18H26FIN4S2. The number of thioether (sulfide) groups is 1. The van der Waals surface area contributed by atoms with E-state index in [0.717, 1.165) is 41.1 Å². The predicted octanol–water partition coefficient (Wildman–Crippen LogP) is 4.51. The third-order valence-corrected chi connectivity index (χ3v) is 5.54. The number of nitrogens with one attached hydrogen (secondary N) is 2. The van der Waals surface area contributed by atoms with Gasteiger partial charge in [-0.25, -0.2) is 14.4 Å². The van der Waals surface area contributed by atoms with Crippen molar-refractivity contribution in [3.63, 3.8) is 0 Å². The minimum Gasteiger partial charge on any atom is -0.357 e. The van der Waals surface area contributed by atoms with Crippen LogP contribution in [-0.2, 0) is 12.3 Å². The van der Waals surface area contributed by atoms with Gasteiger partial charge in [-0.1, -0.05) is 18.2 Å². The van der Waals surface area contributed by atoms with Crippen LogP contribution in [0.15, 0.2) is 29.3 Å². The molecule has 4 nitrogen and oxygen atoms in total. The lowest BCUT2D eigenvalue weighted by Gasteiger charge is -2.11. The summed E-state index contributed by atoms with van der Waals surface area (Å²) in [5, 5.41) is 7.65. The summed E-state index contributed by atoms with van der Waals surface area (Å²) in [6, 6.07) is 6.93. The third-order valence-electron chi connectivity index (χ3n) is 3.48. The molecule has 2 aromatic rings. The first-order chi connectivity index (χ1) is 12.1. The molecule has 1 aromatic carbocycles. The van der Waals surface area contributed by atoms with Crippen molar-refractivity contribution in [1.82, 2.24) is 15.6 Å². The van der Waals surface area contributed by atoms with Crippen molar-refractivity contribution < 1.29 is 4.39 Å². The average molecular weight is 508 g/mol. The topological polar surface area (TPSA) is 49.3 Å². The van der Waals surface area contributed by atoms with Gasteiger partial charge in [-0.2, -0.15) is 11.8 Å². The molecule has 0 saturated heterocycles. The minimum absolute atomic E-state index is 0. The number of thiazole rings is 1. The molecule has 1 heterocycles. The van der Waals surface area contributed by atoms with Gasteiger partial charge < -0.3 is 10.6 Å². The number of benzene rings is 1. The fourth-order valence-electron chi connectivity index (χ4n) is 2.25. The van der Waals surface area contributed by atoms with Gasteiger partial charge in [0.05, 0.1) is 17.2 Å². The molecule has 8 heteroatoms. The summed E-state index contributed by atoms with van der Waals surface area (Å²) < 4.78 is 13.6. The van der Waals surface area contributed by atoms with Crippen LogP contribution in [-0.4, -0.2) is 29.8 Å². The maximum absolute atomic E-state index is 13.6. The van der Waals surface area contributed by atoms with E-state index in [4.69, 9.17) is 0 Å². The van der Waals surface area contributed by atoms with E-state index in [1.54, 1.807) is 29.2 Å². The number of hydrogen-bond donors (Lipinski definition) is 2. The Morgan fingerprint density at radius 3 is 2.69 bits per heavy atom. The molecule has 0 bridgehead atoms. The number of hydrogen-bond acceptors (Lipinski definition) is 4. The Morgan fingerprint density at radius 1 is 1.27 bits per heavy atom. The first kappa shape index (κ1) is 23.2. The zero-order valence-corrected chi connectivity index (χ0v) is 19.3. The predicted molar refractivity (Wildman–Crippen MR) is 122 cm³/mol. The van der Waals surface area contributed by atoms with Crippen LogP contribution in [0.2, 0.25) is 0 Å². The van der Waals surface area contributed by atoms with Gasteiger partial charge in [0.25, 0.3) is 0 Å². The Bertz CT molecular complexity index is 706. The number of aryl methyl sites for hydroxylation is 2. The number of guanidine groups is 1. The minimum atomic E-state index is -0.131. The van der Waals surface area contributed by atoms with E-state index in [1.165, 1.54) is 10.9 Å². The molecule has 2 N–H and O–H groups in total. The van der Waals surface area contributed by atoms with Crippen LogP contribution < -0.4 is 10.6 Å². The van der Waals surface area contributed by atoms with E-state index >= 15 is 0 Å². The Morgan fingerprint density at radius 2 is 2.04 bits per heavy atom. The standard InChI is InChI=1S/C18H25FN4S2.HI/c1-4-20-18(22-11-17-13(2)23-14(3)25-17)21-9-10-24-12-15-7-5-6-8-16(15)19;/h5-8H,4,9-12H2,1-3H3,(H2,20,21,22);1H. The number of aliphatic imine (C=N–C) groups is 1. The monoisotopic (exact) mass is 508 g/mol. The lowest BCUT2D eigenvalue weighted by Crippen LogP contribution is -2.38. The molecule has 0 atom stereocenters. The van der Waals surface area contributed by atoms with E-state index in [-0.39, 0.29) is 29.8 Å². The first-order valence-corrected chi connectivity index (χ1v) is 10.3. The molecule has 0 aliphatic carbocycles. The van der Waals surface area contributed by atoms with Crippen LogP contribution in [0.4, 0.5) is 4.39 Å². The molecular weight excluding hydrogens is 482 g/mol. The van der Waals surface area contributed by atoms with Gasteiger partial charge in [0.15, 0.2) is 5.96 Å². The van der Waals surface area contributed by atoms with Crippen LogP contribution in [0.25, 0.3) is 0 Å². The second-order valence-electron chi connectivity index (χ2n) is 5.51. The van der Waals surface area contributed by atoms with Crippen LogP contribution in [0.3, 0.4) is 0 Å². The van der Waals surface area contributed by atoms with Crippen molar-refractivity contribution in [2.45, 2.75) is 33.1 Å². The van der Waals surface area contributed by atoms with Crippen molar-refractivity contribution in [2.24, 2.45) is 4.99 Å². The van der Waals surface area contributed by atoms with Crippen molar-refractivity contribution in [1.29, 1.82) is 0 Å². The van der Waals surface area contributed by atoms with Crippen molar-refractivity contribution >= 4 is 53.0 Å². The van der Waals surface area contributed by atoms with Gasteiger partial charge in [-0.05, 0) is 32.4 Å². The van der Waals surface area contributed by atoms with E-state index in [0.29, 0.717) is 12.3 Å². The maximum atomic E-state index is 13.6. The molecule has 2 rings (SSSR count). The van der Waals surface area contributed by atoms with Gasteiger partial charge in [0.2, 0.25) is 0 Å². The lowest BCUT2D eigenvalue weighted by atomic mass is 10.2. The SMILES string of the molecule is CCNC(=NCc1sc(C)nc1C)NCCSCc1ccccc1F.I. The fourth-order valence-corrected chi connectivity index (χ4v) is 3.96. The number of rotatable bonds is 8. The Labute approximate surface area is 180 Å². The second-order valence-corrected chi connectivity index (χ2v) is 7.90. The molecule has 0 amide bonds. The lowest BCUT2D eigenvalue weighted by molar-refractivity contribution is 0.617. The van der Waals surface area contributed by atoms with Gasteiger partial charge in [-0.15, -0.1) is 35.3 Å². The molecule has 0 unspecified atom stereocenters. The summed E-state index contributed by atoms with van der Waals surface area (Å²) in [5.41, 5.74) is 1.81. The Balaban J connectivity index is 0.00000338. The highest BCUT2D eigenvalue weighted by Gasteiger charge is 2.05. The van der Waals surface area contributed by atoms with E-state index < -0.39 is 0 Å². The van der Waals surface area contributed by atoms with Crippen LogP contribution in [0, 0.1) is 19.7 Å². The van der Waals surface area contributed by atoms with Gasteiger partial charge >= 0.3 is 0 Å². The normalized spacial score (nSPS) is 11.2. The molecule has 0 spiro atoms. The smallest absolute Gasteiger partial charge is 0.191 e. The molecule has 0 aliphatic rings. The number of halogens is 2. The van der Waals surface area contributed by atoms with Crippen LogP contribution >= 0.6 is 47.1 Å². The largest absolute Gasteiger partial charge is 0.357 e. The first-order valence-electron chi connectivity index (χ1n) is 8.36. The van der Waals surface area contributed by atoms with Gasteiger partial charge in [0.1, 0.15) is 5.82 Å². The Kier molecular flexibility index (Phi) is 11.1. The van der Waals surface area contributed by atoms with Crippen molar-refractivity contribution in [3.8, 4) is 0 Å². The molecule has 144 valence electrons. The maximum Gasteiger partial charge on any atom is 0.191 e.